The third kappa shape index (κ3) is 8.05. The van der Waals surface area contributed by atoms with E-state index in [-0.39, 0.29) is 21.2 Å². The van der Waals surface area contributed by atoms with E-state index in [2.05, 4.69) is 4.74 Å². The summed E-state index contributed by atoms with van der Waals surface area (Å²) in [5, 5.41) is 13.9. The summed E-state index contributed by atoms with van der Waals surface area (Å²) < 4.78 is 73.6. The normalized spacial score (nSPS) is 13.7. The zero-order chi connectivity index (χ0) is 27.8. The van der Waals surface area contributed by atoms with Crippen molar-refractivity contribution in [3.05, 3.63) is 46.2 Å². The monoisotopic (exact) mass is 566 g/mol. The highest BCUT2D eigenvalue weighted by Crippen LogP contribution is 2.39. The first-order valence-electron chi connectivity index (χ1n) is 11.1. The summed E-state index contributed by atoms with van der Waals surface area (Å²) in [6.45, 7) is 0.419. The van der Waals surface area contributed by atoms with Crippen LogP contribution in [0.1, 0.15) is 41.6 Å². The van der Waals surface area contributed by atoms with E-state index in [0.29, 0.717) is 29.9 Å². The summed E-state index contributed by atoms with van der Waals surface area (Å²) in [6.07, 6.45) is -4.81. The van der Waals surface area contributed by atoms with Crippen molar-refractivity contribution in [2.75, 3.05) is 32.5 Å². The number of methoxy groups -OCH3 is 1. The standard InChI is InChI=1S/C22H29F3N4O6S2/c1-3-4-11-29(37(33,34)15-7-5-14(26)6-8-15)16(13-30)17-9-10-18(36-17)20(22(23,24)25)28-19(31)12-27-21(32)35-2/h5-10,16,20,30H,3-4,11-13,26H2,1-2H3,(H,27,32)(H,28,31)/t16-,20-/m1/s1. The number of aliphatic hydroxyl groups is 1. The Morgan fingerprint density at radius 3 is 2.32 bits per heavy atom. The molecular weight excluding hydrogens is 537 g/mol. The number of anilines is 1. The van der Waals surface area contributed by atoms with E-state index in [4.69, 9.17) is 5.73 Å². The lowest BCUT2D eigenvalue weighted by Crippen LogP contribution is -2.43. The van der Waals surface area contributed by atoms with Gasteiger partial charge in [0.25, 0.3) is 0 Å². The number of aliphatic hydroxyl groups excluding tert-OH is 1. The molecule has 0 aliphatic heterocycles. The zero-order valence-electron chi connectivity index (χ0n) is 20.1. The van der Waals surface area contributed by atoms with Gasteiger partial charge in [0.05, 0.1) is 24.7 Å². The molecule has 2 atom stereocenters. The number of unbranched alkanes of at least 4 members (excludes halogenated alkanes) is 1. The van der Waals surface area contributed by atoms with Gasteiger partial charge in [-0.05, 0) is 42.8 Å². The molecule has 1 aromatic heterocycles. The van der Waals surface area contributed by atoms with Crippen LogP contribution in [0.25, 0.3) is 0 Å². The van der Waals surface area contributed by atoms with Crippen LogP contribution in [-0.4, -0.2) is 62.8 Å². The number of thiophene rings is 1. The molecule has 1 heterocycles. The van der Waals surface area contributed by atoms with Gasteiger partial charge in [0.1, 0.15) is 6.54 Å². The number of halogens is 3. The molecule has 0 radical (unpaired) electrons. The first-order chi connectivity index (χ1) is 17.3. The quantitative estimate of drug-likeness (QED) is 0.289. The van der Waals surface area contributed by atoms with Crippen molar-refractivity contribution in [2.24, 2.45) is 0 Å². The average Bonchev–Trinajstić information content (AvgIpc) is 3.32. The Hall–Kier alpha value is -2.88. The van der Waals surface area contributed by atoms with Crippen molar-refractivity contribution in [2.45, 2.75) is 42.9 Å². The first kappa shape index (κ1) is 30.3. The van der Waals surface area contributed by atoms with Gasteiger partial charge in [-0.1, -0.05) is 13.3 Å². The van der Waals surface area contributed by atoms with Crippen molar-refractivity contribution < 1.29 is 41.0 Å². The van der Waals surface area contributed by atoms with Gasteiger partial charge in [-0.25, -0.2) is 13.2 Å². The van der Waals surface area contributed by atoms with Crippen LogP contribution in [0, 0.1) is 0 Å². The number of carbonyl (C=O) groups excluding carboxylic acids is 2. The van der Waals surface area contributed by atoms with Crippen LogP contribution in [0.5, 0.6) is 0 Å². The van der Waals surface area contributed by atoms with Crippen molar-refractivity contribution in [1.29, 1.82) is 0 Å². The highest BCUT2D eigenvalue weighted by atomic mass is 32.2. The number of amides is 2. The van der Waals surface area contributed by atoms with E-state index >= 15 is 0 Å². The Morgan fingerprint density at radius 1 is 1.16 bits per heavy atom. The lowest BCUT2D eigenvalue weighted by atomic mass is 10.2. The molecular formula is C22H29F3N4O6S2. The summed E-state index contributed by atoms with van der Waals surface area (Å²) in [7, 11) is -3.11. The fourth-order valence-corrected chi connectivity index (χ4v) is 6.20. The first-order valence-corrected chi connectivity index (χ1v) is 13.4. The Bertz CT molecular complexity index is 1160. The van der Waals surface area contributed by atoms with Crippen LogP contribution in [0.4, 0.5) is 23.7 Å². The zero-order valence-corrected chi connectivity index (χ0v) is 21.8. The number of rotatable bonds is 12. The molecule has 0 fully saturated rings. The number of hydrogen-bond donors (Lipinski definition) is 4. The molecule has 5 N–H and O–H groups in total. The van der Waals surface area contributed by atoms with Gasteiger partial charge in [-0.2, -0.15) is 17.5 Å². The van der Waals surface area contributed by atoms with Gasteiger partial charge in [-0.3, -0.25) is 4.79 Å². The highest BCUT2D eigenvalue weighted by molar-refractivity contribution is 7.89. The molecule has 0 unspecified atom stereocenters. The fourth-order valence-electron chi connectivity index (χ4n) is 3.31. The van der Waals surface area contributed by atoms with Crippen LogP contribution < -0.4 is 16.4 Å². The number of benzene rings is 1. The number of nitrogens with zero attached hydrogens (tertiary/aromatic N) is 1. The number of ether oxygens (including phenoxy) is 1. The molecule has 0 aliphatic carbocycles. The van der Waals surface area contributed by atoms with E-state index in [1.807, 2.05) is 17.6 Å². The minimum Gasteiger partial charge on any atom is -0.453 e. The van der Waals surface area contributed by atoms with Crippen molar-refractivity contribution in [1.82, 2.24) is 14.9 Å². The molecule has 2 rings (SSSR count). The number of sulfonamides is 1. The number of carbonyl (C=O) groups is 2. The summed E-state index contributed by atoms with van der Waals surface area (Å²) >= 11 is 0.614. The Morgan fingerprint density at radius 2 is 1.78 bits per heavy atom. The Balaban J connectivity index is 2.39. The molecule has 0 spiro atoms. The third-order valence-electron chi connectivity index (χ3n) is 5.21. The predicted molar refractivity (Wildman–Crippen MR) is 131 cm³/mol. The van der Waals surface area contributed by atoms with Gasteiger partial charge in [0, 0.05) is 22.0 Å². The maximum absolute atomic E-state index is 13.8. The summed E-state index contributed by atoms with van der Waals surface area (Å²) in [6, 6.07) is 4.26. The molecule has 0 saturated carbocycles. The molecule has 1 aromatic carbocycles. The summed E-state index contributed by atoms with van der Waals surface area (Å²) in [5.41, 5.74) is 6.00. The van der Waals surface area contributed by atoms with Crippen molar-refractivity contribution in [3.63, 3.8) is 0 Å². The minimum atomic E-state index is -4.89. The Labute approximate surface area is 216 Å². The molecule has 206 valence electrons. The van der Waals surface area contributed by atoms with Crippen LogP contribution in [-0.2, 0) is 19.6 Å². The largest absolute Gasteiger partial charge is 0.453 e. The van der Waals surface area contributed by atoms with Gasteiger partial charge in [0.2, 0.25) is 15.9 Å². The predicted octanol–water partition coefficient (Wildman–Crippen LogP) is 2.93. The Kier molecular flexibility index (Phi) is 10.7. The SMILES string of the molecule is CCCCN([C@H](CO)c1ccc([C@@H](NC(=O)CNC(=O)OC)C(F)(F)F)s1)S(=O)(=O)c1ccc(N)cc1. The van der Waals surface area contributed by atoms with Crippen LogP contribution in [0.2, 0.25) is 0 Å². The molecule has 0 bridgehead atoms. The van der Waals surface area contributed by atoms with E-state index in [9.17, 15) is 36.3 Å². The molecule has 2 aromatic rings. The second-order valence-corrected chi connectivity index (χ2v) is 10.9. The summed E-state index contributed by atoms with van der Waals surface area (Å²) in [5.74, 6) is -1.11. The maximum atomic E-state index is 13.8. The molecule has 10 nitrogen and oxygen atoms in total. The number of alkyl halides is 3. The number of nitrogens with two attached hydrogens (primary N) is 1. The van der Waals surface area contributed by atoms with E-state index in [1.54, 1.807) is 0 Å². The second kappa shape index (κ2) is 13.1. The van der Waals surface area contributed by atoms with E-state index < -0.39 is 53.4 Å². The van der Waals surface area contributed by atoms with Crippen molar-refractivity contribution in [3.8, 4) is 0 Å². The fraction of sp³-hybridized carbons (Fsp3) is 0.455. The number of alkyl carbamates (subject to hydrolysis) is 1. The van der Waals surface area contributed by atoms with Gasteiger partial charge >= 0.3 is 12.3 Å². The molecule has 2 amide bonds. The molecule has 0 aliphatic rings. The molecule has 37 heavy (non-hydrogen) atoms. The molecule has 0 saturated heterocycles. The molecule has 15 heteroatoms. The van der Waals surface area contributed by atoms with Crippen molar-refractivity contribution >= 4 is 39.0 Å². The lowest BCUT2D eigenvalue weighted by Gasteiger charge is -2.29. The third-order valence-corrected chi connectivity index (χ3v) is 8.38. The smallest absolute Gasteiger partial charge is 0.413 e. The average molecular weight is 567 g/mol. The van der Waals surface area contributed by atoms with E-state index in [0.717, 1.165) is 17.5 Å². The van der Waals surface area contributed by atoms with Crippen LogP contribution >= 0.6 is 11.3 Å². The maximum Gasteiger partial charge on any atom is 0.413 e. The second-order valence-electron chi connectivity index (χ2n) is 7.86. The number of nitrogens with one attached hydrogen (secondary N) is 2. The van der Waals surface area contributed by atoms with Crippen LogP contribution in [0.15, 0.2) is 41.3 Å². The number of nitrogen functional groups attached to an aromatic ring is 1. The highest BCUT2D eigenvalue weighted by Gasteiger charge is 2.43. The summed E-state index contributed by atoms with van der Waals surface area (Å²) in [4.78, 5) is 22.9. The van der Waals surface area contributed by atoms with Gasteiger partial charge < -0.3 is 26.2 Å². The topological polar surface area (TPSA) is 151 Å². The van der Waals surface area contributed by atoms with Gasteiger partial charge in [-0.15, -0.1) is 11.3 Å². The minimum absolute atomic E-state index is 0.0142. The van der Waals surface area contributed by atoms with E-state index in [1.165, 1.54) is 30.3 Å². The van der Waals surface area contributed by atoms with Gasteiger partial charge in [0.15, 0.2) is 6.04 Å². The number of hydrogen-bond acceptors (Lipinski definition) is 8. The lowest BCUT2D eigenvalue weighted by molar-refractivity contribution is -0.162. The van der Waals surface area contributed by atoms with Crippen LogP contribution in [0.3, 0.4) is 0 Å².